The molecule has 5 heteroatoms. The Balaban J connectivity index is 1.63. The molecule has 0 saturated carbocycles. The van der Waals surface area contributed by atoms with Crippen LogP contribution in [0.3, 0.4) is 0 Å². The van der Waals surface area contributed by atoms with Crippen molar-refractivity contribution in [1.29, 1.82) is 0 Å². The summed E-state index contributed by atoms with van der Waals surface area (Å²) in [6, 6.07) is 0. The normalized spacial score (nSPS) is 17.1. The summed E-state index contributed by atoms with van der Waals surface area (Å²) in [4.78, 5) is 11.2. The van der Waals surface area contributed by atoms with Crippen LogP contribution in [0.25, 0.3) is 0 Å². The molecular weight excluding hydrogens is 290 g/mol. The van der Waals surface area contributed by atoms with E-state index in [2.05, 4.69) is 56.4 Å². The van der Waals surface area contributed by atoms with Crippen molar-refractivity contribution >= 4 is 0 Å². The van der Waals surface area contributed by atoms with Gasteiger partial charge in [0.1, 0.15) is 0 Å². The molecule has 5 nitrogen and oxygen atoms in total. The molecule has 2 heterocycles. The Morgan fingerprint density at radius 3 is 2.30 bits per heavy atom. The highest BCUT2D eigenvalue weighted by molar-refractivity contribution is 5.13. The molecule has 0 bridgehead atoms. The number of aromatic nitrogens is 2. The Kier molecular flexibility index (Phi) is 5.63. The van der Waals surface area contributed by atoms with E-state index in [1.807, 2.05) is 6.20 Å². The third kappa shape index (κ3) is 6.07. The van der Waals surface area contributed by atoms with Crippen molar-refractivity contribution in [2.75, 3.05) is 32.8 Å². The molecule has 1 aliphatic rings. The van der Waals surface area contributed by atoms with E-state index in [9.17, 15) is 0 Å². The van der Waals surface area contributed by atoms with Crippen LogP contribution in [-0.2, 0) is 10.2 Å². The number of likely N-dealkylation sites (tertiary alicyclic amines) is 1. The van der Waals surface area contributed by atoms with Crippen LogP contribution in [0.1, 0.15) is 47.2 Å². The van der Waals surface area contributed by atoms with Gasteiger partial charge >= 0.3 is 0 Å². The minimum Gasteiger partial charge on any atom is -0.476 e. The first kappa shape index (κ1) is 18.1. The van der Waals surface area contributed by atoms with E-state index < -0.39 is 0 Å². The zero-order chi connectivity index (χ0) is 17.1. The van der Waals surface area contributed by atoms with Gasteiger partial charge in [-0.1, -0.05) is 20.8 Å². The predicted molar refractivity (Wildman–Crippen MR) is 91.9 cm³/mol. The van der Waals surface area contributed by atoms with Gasteiger partial charge in [0.25, 0.3) is 0 Å². The predicted octanol–water partition coefficient (Wildman–Crippen LogP) is 2.90. The highest BCUT2D eigenvalue weighted by atomic mass is 16.5. The van der Waals surface area contributed by atoms with Crippen molar-refractivity contribution in [3.8, 4) is 5.88 Å². The van der Waals surface area contributed by atoms with Gasteiger partial charge in [0.2, 0.25) is 5.88 Å². The summed E-state index contributed by atoms with van der Waals surface area (Å²) < 4.78 is 11.5. The van der Waals surface area contributed by atoms with Crippen molar-refractivity contribution in [3.63, 3.8) is 0 Å². The molecule has 2 rings (SSSR count). The molecule has 0 atom stereocenters. The fourth-order valence-electron chi connectivity index (χ4n) is 2.43. The molecule has 0 aromatic carbocycles. The topological polar surface area (TPSA) is 47.5 Å². The van der Waals surface area contributed by atoms with Crippen molar-refractivity contribution in [3.05, 3.63) is 18.1 Å². The summed E-state index contributed by atoms with van der Waals surface area (Å²) in [6.45, 7) is 17.3. The summed E-state index contributed by atoms with van der Waals surface area (Å²) in [7, 11) is 0. The lowest BCUT2D eigenvalue weighted by molar-refractivity contribution is -0.0319. The maximum atomic E-state index is 5.75. The van der Waals surface area contributed by atoms with E-state index in [1.165, 1.54) is 0 Å². The lowest BCUT2D eigenvalue weighted by Crippen LogP contribution is -2.50. The van der Waals surface area contributed by atoms with Crippen LogP contribution in [0.2, 0.25) is 0 Å². The van der Waals surface area contributed by atoms with E-state index in [0.717, 1.165) is 31.9 Å². The first-order valence-corrected chi connectivity index (χ1v) is 8.45. The quantitative estimate of drug-likeness (QED) is 0.806. The fourth-order valence-corrected chi connectivity index (χ4v) is 2.43. The molecule has 23 heavy (non-hydrogen) atoms. The summed E-state index contributed by atoms with van der Waals surface area (Å²) in [5, 5.41) is 0. The molecule has 1 aliphatic heterocycles. The number of hydrogen-bond donors (Lipinski definition) is 0. The van der Waals surface area contributed by atoms with Crippen LogP contribution < -0.4 is 4.74 Å². The van der Waals surface area contributed by atoms with Gasteiger partial charge < -0.3 is 14.4 Å². The smallest absolute Gasteiger partial charge is 0.232 e. The monoisotopic (exact) mass is 321 g/mol. The van der Waals surface area contributed by atoms with Gasteiger partial charge in [0, 0.05) is 31.0 Å². The van der Waals surface area contributed by atoms with Crippen molar-refractivity contribution in [1.82, 2.24) is 14.9 Å². The summed E-state index contributed by atoms with van der Waals surface area (Å²) in [5.41, 5.74) is 0.957. The van der Waals surface area contributed by atoms with Gasteiger partial charge in [-0.25, -0.2) is 4.98 Å². The van der Waals surface area contributed by atoms with Crippen LogP contribution in [0.4, 0.5) is 0 Å². The second-order valence-electron chi connectivity index (χ2n) is 8.39. The van der Waals surface area contributed by atoms with E-state index in [0.29, 0.717) is 18.4 Å². The van der Waals surface area contributed by atoms with Crippen LogP contribution in [0.15, 0.2) is 12.4 Å². The molecule has 1 saturated heterocycles. The van der Waals surface area contributed by atoms with Crippen LogP contribution in [-0.4, -0.2) is 53.3 Å². The molecular formula is C18H31N3O2. The molecule has 0 unspecified atom stereocenters. The van der Waals surface area contributed by atoms with Crippen LogP contribution in [0, 0.1) is 5.92 Å². The number of nitrogens with zero attached hydrogens (tertiary/aromatic N) is 3. The van der Waals surface area contributed by atoms with Gasteiger partial charge in [-0.2, -0.15) is 0 Å². The summed E-state index contributed by atoms with van der Waals surface area (Å²) in [5.74, 6) is 1.20. The average Bonchev–Trinajstić information content (AvgIpc) is 2.38. The highest BCUT2D eigenvalue weighted by Crippen LogP contribution is 2.21. The molecule has 1 aromatic heterocycles. The molecule has 1 aromatic rings. The maximum absolute atomic E-state index is 5.75. The van der Waals surface area contributed by atoms with Crippen molar-refractivity contribution in [2.24, 2.45) is 5.92 Å². The highest BCUT2D eigenvalue weighted by Gasteiger charge is 2.27. The van der Waals surface area contributed by atoms with Gasteiger partial charge in [0.05, 0.1) is 36.9 Å². The number of hydrogen-bond acceptors (Lipinski definition) is 5. The maximum Gasteiger partial charge on any atom is 0.232 e. The third-order valence-corrected chi connectivity index (χ3v) is 3.84. The Labute approximate surface area is 140 Å². The van der Waals surface area contributed by atoms with Crippen LogP contribution in [0.5, 0.6) is 5.88 Å². The van der Waals surface area contributed by atoms with Gasteiger partial charge in [-0.15, -0.1) is 0 Å². The molecule has 1 fully saturated rings. The first-order chi connectivity index (χ1) is 10.6. The fraction of sp³-hybridized carbons (Fsp3) is 0.778. The van der Waals surface area contributed by atoms with Gasteiger partial charge in [0.15, 0.2) is 0 Å². The zero-order valence-electron chi connectivity index (χ0n) is 15.4. The van der Waals surface area contributed by atoms with E-state index in [1.54, 1.807) is 6.20 Å². The molecule has 130 valence electrons. The van der Waals surface area contributed by atoms with Crippen molar-refractivity contribution < 1.29 is 9.47 Å². The van der Waals surface area contributed by atoms with Gasteiger partial charge in [-0.05, 0) is 20.8 Å². The zero-order valence-corrected chi connectivity index (χ0v) is 15.4. The SMILES string of the molecule is CC(C)(C)OCCN1CC(COc2cnc(C(C)(C)C)cn2)C1. The van der Waals surface area contributed by atoms with Crippen molar-refractivity contribution in [2.45, 2.75) is 52.6 Å². The molecule has 0 spiro atoms. The average molecular weight is 321 g/mol. The largest absolute Gasteiger partial charge is 0.476 e. The Bertz CT molecular complexity index is 482. The van der Waals surface area contributed by atoms with E-state index in [-0.39, 0.29) is 11.0 Å². The van der Waals surface area contributed by atoms with E-state index >= 15 is 0 Å². The second-order valence-corrected chi connectivity index (χ2v) is 8.39. The minimum absolute atomic E-state index is 0.0229. The standard InChI is InChI=1S/C18H31N3O2/c1-17(2,3)15-9-20-16(10-19-15)22-13-14-11-21(12-14)7-8-23-18(4,5)6/h9-10,14H,7-8,11-13H2,1-6H3. The Morgan fingerprint density at radius 1 is 1.09 bits per heavy atom. The van der Waals surface area contributed by atoms with Gasteiger partial charge in [-0.3, -0.25) is 4.98 Å². The van der Waals surface area contributed by atoms with Crippen LogP contribution >= 0.6 is 0 Å². The Hall–Kier alpha value is -1.20. The molecule has 0 aliphatic carbocycles. The molecule has 0 radical (unpaired) electrons. The molecule has 0 amide bonds. The first-order valence-electron chi connectivity index (χ1n) is 8.45. The lowest BCUT2D eigenvalue weighted by atomic mass is 9.93. The second kappa shape index (κ2) is 7.14. The van der Waals surface area contributed by atoms with E-state index in [4.69, 9.17) is 9.47 Å². The number of rotatable bonds is 6. The summed E-state index contributed by atoms with van der Waals surface area (Å²) in [6.07, 6.45) is 3.54. The molecule has 0 N–H and O–H groups in total. The Morgan fingerprint density at radius 2 is 1.78 bits per heavy atom. The minimum atomic E-state index is -0.0503. The lowest BCUT2D eigenvalue weighted by Gasteiger charge is -2.39. The summed E-state index contributed by atoms with van der Waals surface area (Å²) >= 11 is 0. The third-order valence-electron chi connectivity index (χ3n) is 3.84. The number of ether oxygens (including phenoxy) is 2.